The molecule has 2 aromatic rings. The average Bonchev–Trinajstić information content (AvgIpc) is 3.24. The number of nitro benzene ring substituents is 1. The van der Waals surface area contributed by atoms with Gasteiger partial charge in [-0.05, 0) is 42.5 Å². The second-order valence-electron chi connectivity index (χ2n) is 7.77. The fraction of sp³-hybridized carbons (Fsp3) is 0.250. The molecular weight excluding hydrogens is 470 g/mol. The minimum absolute atomic E-state index is 0.0394. The lowest BCUT2D eigenvalue weighted by Crippen LogP contribution is -2.38. The van der Waals surface area contributed by atoms with Gasteiger partial charge in [0.15, 0.2) is 5.17 Å². The number of amides is 1. The third kappa shape index (κ3) is 5.24. The Labute approximate surface area is 205 Å². The number of carbonyl (C=O) groups is 2. The van der Waals surface area contributed by atoms with Gasteiger partial charge in [-0.15, -0.1) is 0 Å². The molecule has 1 aromatic heterocycles. The Morgan fingerprint density at radius 2 is 2.03 bits per heavy atom. The van der Waals surface area contributed by atoms with Crippen LogP contribution in [-0.4, -0.2) is 38.5 Å². The molecule has 0 spiro atoms. The number of allylic oxidation sites excluding steroid dienone is 1. The van der Waals surface area contributed by atoms with Crippen molar-refractivity contribution in [3.8, 4) is 0 Å². The summed E-state index contributed by atoms with van der Waals surface area (Å²) < 4.78 is 5.30. The van der Waals surface area contributed by atoms with Crippen LogP contribution in [0.25, 0.3) is 0 Å². The number of ether oxygens (including phenoxy) is 1. The highest BCUT2D eigenvalue weighted by Gasteiger charge is 2.41. The molecule has 0 saturated carbocycles. The highest BCUT2D eigenvalue weighted by atomic mass is 32.2. The number of pyridine rings is 1. The molecule has 2 aliphatic rings. The first kappa shape index (κ1) is 24.1. The van der Waals surface area contributed by atoms with Crippen molar-refractivity contribution in [2.45, 2.75) is 32.9 Å². The van der Waals surface area contributed by atoms with Crippen molar-refractivity contribution < 1.29 is 19.2 Å². The number of nitrogens with one attached hydrogen (secondary N) is 1. The maximum atomic E-state index is 13.0. The van der Waals surface area contributed by atoms with E-state index in [-0.39, 0.29) is 30.2 Å². The predicted octanol–water partition coefficient (Wildman–Crippen LogP) is 3.83. The summed E-state index contributed by atoms with van der Waals surface area (Å²) in [7, 11) is 0. The summed E-state index contributed by atoms with van der Waals surface area (Å²) >= 11 is 1.34. The summed E-state index contributed by atoms with van der Waals surface area (Å²) in [6.45, 7) is 3.94. The zero-order valence-corrected chi connectivity index (χ0v) is 19.9. The molecule has 0 aliphatic carbocycles. The highest BCUT2D eigenvalue weighted by molar-refractivity contribution is 8.16. The fourth-order valence-electron chi connectivity index (χ4n) is 3.89. The molecule has 0 radical (unpaired) electrons. The maximum absolute atomic E-state index is 13.0. The Morgan fingerprint density at radius 1 is 1.26 bits per heavy atom. The van der Waals surface area contributed by atoms with E-state index in [1.54, 1.807) is 43.3 Å². The number of non-ortho nitro benzene ring substituents is 1. The third-order valence-corrected chi connectivity index (χ3v) is 6.36. The second-order valence-corrected chi connectivity index (χ2v) is 8.61. The molecule has 35 heavy (non-hydrogen) atoms. The van der Waals surface area contributed by atoms with Gasteiger partial charge in [0.2, 0.25) is 5.91 Å². The van der Waals surface area contributed by atoms with E-state index in [4.69, 9.17) is 4.74 Å². The van der Waals surface area contributed by atoms with Crippen molar-refractivity contribution in [1.82, 2.24) is 15.2 Å². The molecule has 11 heteroatoms. The number of amidine groups is 1. The van der Waals surface area contributed by atoms with E-state index in [0.29, 0.717) is 28.7 Å². The number of benzene rings is 1. The van der Waals surface area contributed by atoms with E-state index in [9.17, 15) is 19.7 Å². The van der Waals surface area contributed by atoms with Gasteiger partial charge in [-0.25, -0.2) is 9.79 Å². The number of carbonyl (C=O) groups excluding carboxylic acids is 2. The summed E-state index contributed by atoms with van der Waals surface area (Å²) in [5, 5.41) is 16.7. The minimum Gasteiger partial charge on any atom is -0.463 e. The van der Waals surface area contributed by atoms with Gasteiger partial charge in [-0.2, -0.15) is 0 Å². The highest BCUT2D eigenvalue weighted by Crippen LogP contribution is 2.45. The molecule has 1 aromatic carbocycles. The third-order valence-electron chi connectivity index (χ3n) is 5.47. The Bertz CT molecular complexity index is 1260. The van der Waals surface area contributed by atoms with Gasteiger partial charge < -0.3 is 15.0 Å². The Kier molecular flexibility index (Phi) is 7.25. The number of rotatable bonds is 8. The van der Waals surface area contributed by atoms with E-state index < -0.39 is 16.9 Å². The zero-order chi connectivity index (χ0) is 24.9. The molecule has 0 saturated heterocycles. The standard InChI is InChI=1S/C24H23N5O5S/c1-3-34-23(31)21-15(2)27-24-28(22(21)17-5-4-6-18(11-17)29(32)33)19(14-35-24)12-20(30)26-13-16-7-9-25-10-8-16/h4-11,14,22H,3,12-13H2,1-2H3,(H,26,30). The smallest absolute Gasteiger partial charge is 0.338 e. The minimum atomic E-state index is -0.726. The van der Waals surface area contributed by atoms with Crippen LogP contribution in [0.3, 0.4) is 0 Å². The summed E-state index contributed by atoms with van der Waals surface area (Å²) in [4.78, 5) is 47.0. The van der Waals surface area contributed by atoms with Crippen molar-refractivity contribution in [3.05, 3.63) is 92.4 Å². The lowest BCUT2D eigenvalue weighted by atomic mass is 9.93. The lowest BCUT2D eigenvalue weighted by Gasteiger charge is -2.36. The number of aromatic nitrogens is 1. The second kappa shape index (κ2) is 10.5. The van der Waals surface area contributed by atoms with Crippen molar-refractivity contribution in [2.24, 2.45) is 4.99 Å². The van der Waals surface area contributed by atoms with Crippen LogP contribution < -0.4 is 5.32 Å². The van der Waals surface area contributed by atoms with Crippen molar-refractivity contribution in [1.29, 1.82) is 0 Å². The van der Waals surface area contributed by atoms with Crippen molar-refractivity contribution in [2.75, 3.05) is 6.61 Å². The van der Waals surface area contributed by atoms with Crippen LogP contribution in [0.1, 0.15) is 37.4 Å². The van der Waals surface area contributed by atoms with Crippen LogP contribution in [-0.2, 0) is 20.9 Å². The number of esters is 1. The molecule has 3 heterocycles. The van der Waals surface area contributed by atoms with Crippen LogP contribution in [0.15, 0.2) is 76.2 Å². The van der Waals surface area contributed by atoms with Gasteiger partial charge in [0.1, 0.15) is 0 Å². The normalized spacial score (nSPS) is 16.9. The summed E-state index contributed by atoms with van der Waals surface area (Å²) in [5.74, 6) is -0.764. The molecule has 0 bridgehead atoms. The van der Waals surface area contributed by atoms with Crippen LogP contribution in [0.4, 0.5) is 5.69 Å². The Morgan fingerprint density at radius 3 is 2.74 bits per heavy atom. The zero-order valence-electron chi connectivity index (χ0n) is 19.1. The van der Waals surface area contributed by atoms with Gasteiger partial charge in [-0.3, -0.25) is 19.9 Å². The van der Waals surface area contributed by atoms with E-state index in [2.05, 4.69) is 15.3 Å². The van der Waals surface area contributed by atoms with E-state index in [1.165, 1.54) is 23.9 Å². The average molecular weight is 494 g/mol. The van der Waals surface area contributed by atoms with Crippen LogP contribution in [0.5, 0.6) is 0 Å². The summed E-state index contributed by atoms with van der Waals surface area (Å²) in [6.07, 6.45) is 3.35. The monoisotopic (exact) mass is 493 g/mol. The molecule has 1 atom stereocenters. The molecule has 1 amide bonds. The molecule has 10 nitrogen and oxygen atoms in total. The number of hydrogen-bond acceptors (Lipinski definition) is 9. The number of thioether (sulfide) groups is 1. The molecule has 1 unspecified atom stereocenters. The van der Waals surface area contributed by atoms with Crippen LogP contribution in [0, 0.1) is 10.1 Å². The van der Waals surface area contributed by atoms with Gasteiger partial charge in [-0.1, -0.05) is 23.9 Å². The molecule has 1 N–H and O–H groups in total. The fourth-order valence-corrected chi connectivity index (χ4v) is 4.86. The first-order valence-corrected chi connectivity index (χ1v) is 11.8. The largest absolute Gasteiger partial charge is 0.463 e. The van der Waals surface area contributed by atoms with Gasteiger partial charge >= 0.3 is 5.97 Å². The Balaban J connectivity index is 1.65. The van der Waals surface area contributed by atoms with E-state index in [1.807, 2.05) is 17.5 Å². The van der Waals surface area contributed by atoms with Gasteiger partial charge in [0.25, 0.3) is 5.69 Å². The molecular formula is C24H23N5O5S. The van der Waals surface area contributed by atoms with Gasteiger partial charge in [0.05, 0.1) is 35.3 Å². The number of nitro groups is 1. The van der Waals surface area contributed by atoms with Crippen molar-refractivity contribution >= 4 is 34.5 Å². The quantitative estimate of drug-likeness (QED) is 0.334. The van der Waals surface area contributed by atoms with Crippen LogP contribution >= 0.6 is 11.8 Å². The number of aliphatic imine (C=N–C) groups is 1. The molecule has 4 rings (SSSR count). The Hall–Kier alpha value is -3.99. The molecule has 180 valence electrons. The van der Waals surface area contributed by atoms with E-state index >= 15 is 0 Å². The number of fused-ring (bicyclic) bond motifs is 1. The molecule has 2 aliphatic heterocycles. The first-order valence-electron chi connectivity index (χ1n) is 10.9. The summed E-state index contributed by atoms with van der Waals surface area (Å²) in [5.41, 5.74) is 2.73. The summed E-state index contributed by atoms with van der Waals surface area (Å²) in [6, 6.07) is 9.03. The predicted molar refractivity (Wildman–Crippen MR) is 131 cm³/mol. The topological polar surface area (TPSA) is 127 Å². The molecule has 0 fully saturated rings. The number of nitrogens with zero attached hydrogens (tertiary/aromatic N) is 4. The van der Waals surface area contributed by atoms with Gasteiger partial charge in [0, 0.05) is 36.8 Å². The maximum Gasteiger partial charge on any atom is 0.338 e. The lowest BCUT2D eigenvalue weighted by molar-refractivity contribution is -0.384. The number of hydrogen-bond donors (Lipinski definition) is 1. The SMILES string of the molecule is CCOC(=O)C1=C(C)N=C2SC=C(CC(=O)NCc3ccncc3)N2C1c1cccc([N+](=O)[O-])c1. The van der Waals surface area contributed by atoms with E-state index in [0.717, 1.165) is 5.56 Å². The van der Waals surface area contributed by atoms with Crippen molar-refractivity contribution in [3.63, 3.8) is 0 Å². The van der Waals surface area contributed by atoms with Crippen LogP contribution in [0.2, 0.25) is 0 Å². The first-order chi connectivity index (χ1) is 16.9.